The highest BCUT2D eigenvalue weighted by Gasteiger charge is 2.35. The van der Waals surface area contributed by atoms with Gasteiger partial charge in [0.05, 0.1) is 10.9 Å². The molecule has 1 atom stereocenters. The van der Waals surface area contributed by atoms with E-state index in [9.17, 15) is 13.2 Å². The Kier molecular flexibility index (Phi) is 4.99. The fraction of sp³-hybridized carbons (Fsp3) is 0.250. The molecule has 0 fully saturated rings. The molecule has 0 spiro atoms. The van der Waals surface area contributed by atoms with Gasteiger partial charge in [0.2, 0.25) is 0 Å². The second-order valence-corrected chi connectivity index (χ2v) is 6.33. The van der Waals surface area contributed by atoms with Crippen molar-refractivity contribution < 1.29 is 13.2 Å². The number of halogens is 5. The van der Waals surface area contributed by atoms with Crippen LogP contribution in [0.1, 0.15) is 27.6 Å². The standard InChI is InChI=1S/C16H13BrClF3/c1-10-2-4-11(5-3-10)8-15(18)13-7-6-12(17)9-14(13)16(19,20)21/h2-7,9,15H,8H2,1H3. The van der Waals surface area contributed by atoms with Gasteiger partial charge in [0.15, 0.2) is 0 Å². The molecule has 0 aromatic heterocycles. The number of aryl methyl sites for hydroxylation is 1. The van der Waals surface area contributed by atoms with Crippen LogP contribution in [0.4, 0.5) is 13.2 Å². The first kappa shape index (κ1) is 16.4. The first-order valence-corrected chi connectivity index (χ1v) is 7.56. The zero-order chi connectivity index (χ0) is 15.6. The van der Waals surface area contributed by atoms with Gasteiger partial charge in [0.25, 0.3) is 0 Å². The molecule has 0 bridgehead atoms. The third kappa shape index (κ3) is 4.24. The van der Waals surface area contributed by atoms with E-state index in [2.05, 4.69) is 15.9 Å². The van der Waals surface area contributed by atoms with Crippen molar-refractivity contribution >= 4 is 27.5 Å². The second-order valence-electron chi connectivity index (χ2n) is 4.89. The molecule has 0 amide bonds. The molecular weight excluding hydrogens is 365 g/mol. The van der Waals surface area contributed by atoms with Gasteiger partial charge in [0.1, 0.15) is 0 Å². The van der Waals surface area contributed by atoms with Gasteiger partial charge >= 0.3 is 6.18 Å². The van der Waals surface area contributed by atoms with Crippen LogP contribution in [0.25, 0.3) is 0 Å². The lowest BCUT2D eigenvalue weighted by molar-refractivity contribution is -0.138. The summed E-state index contributed by atoms with van der Waals surface area (Å²) < 4.78 is 39.7. The van der Waals surface area contributed by atoms with E-state index in [0.717, 1.165) is 17.2 Å². The Morgan fingerprint density at radius 1 is 1.10 bits per heavy atom. The largest absolute Gasteiger partial charge is 0.416 e. The predicted octanol–water partition coefficient (Wildman–Crippen LogP) is 6.30. The SMILES string of the molecule is Cc1ccc(CC(Cl)c2ccc(Br)cc2C(F)(F)F)cc1. The number of hydrogen-bond donors (Lipinski definition) is 0. The predicted molar refractivity (Wildman–Crippen MR) is 82.6 cm³/mol. The Labute approximate surface area is 135 Å². The zero-order valence-corrected chi connectivity index (χ0v) is 13.6. The van der Waals surface area contributed by atoms with E-state index in [0.29, 0.717) is 10.9 Å². The van der Waals surface area contributed by atoms with Gasteiger partial charge in [-0.2, -0.15) is 13.2 Å². The van der Waals surface area contributed by atoms with Gasteiger partial charge in [-0.15, -0.1) is 11.6 Å². The van der Waals surface area contributed by atoms with Crippen molar-refractivity contribution in [3.05, 3.63) is 69.2 Å². The monoisotopic (exact) mass is 376 g/mol. The molecule has 2 rings (SSSR count). The fourth-order valence-electron chi connectivity index (χ4n) is 2.09. The lowest BCUT2D eigenvalue weighted by atomic mass is 9.98. The molecule has 5 heteroatoms. The summed E-state index contributed by atoms with van der Waals surface area (Å²) in [6.07, 6.45) is -4.06. The summed E-state index contributed by atoms with van der Waals surface area (Å²) in [5.74, 6) is 0. The smallest absolute Gasteiger partial charge is 0.166 e. The summed E-state index contributed by atoms with van der Waals surface area (Å²) in [5, 5.41) is -0.725. The third-order valence-corrected chi connectivity index (χ3v) is 4.08. The Hall–Kier alpha value is -1.00. The first-order valence-electron chi connectivity index (χ1n) is 6.33. The van der Waals surface area contributed by atoms with Crippen LogP contribution in [0, 0.1) is 6.92 Å². The maximum Gasteiger partial charge on any atom is 0.416 e. The molecule has 0 N–H and O–H groups in total. The van der Waals surface area contributed by atoms with Crippen molar-refractivity contribution in [1.29, 1.82) is 0 Å². The van der Waals surface area contributed by atoms with E-state index in [1.54, 1.807) is 6.07 Å². The van der Waals surface area contributed by atoms with Crippen LogP contribution in [-0.4, -0.2) is 0 Å². The Morgan fingerprint density at radius 3 is 2.29 bits per heavy atom. The molecule has 2 aromatic carbocycles. The summed E-state index contributed by atoms with van der Waals surface area (Å²) in [4.78, 5) is 0. The fourth-order valence-corrected chi connectivity index (χ4v) is 2.82. The summed E-state index contributed by atoms with van der Waals surface area (Å²) in [5.41, 5.74) is 1.43. The van der Waals surface area contributed by atoms with Gasteiger partial charge in [0, 0.05) is 4.47 Å². The van der Waals surface area contributed by atoms with Crippen molar-refractivity contribution in [3.8, 4) is 0 Å². The van der Waals surface area contributed by atoms with Crippen LogP contribution in [0.15, 0.2) is 46.9 Å². The van der Waals surface area contributed by atoms with E-state index >= 15 is 0 Å². The number of benzene rings is 2. The molecule has 1 unspecified atom stereocenters. The Balaban J connectivity index is 2.30. The topological polar surface area (TPSA) is 0 Å². The molecule has 0 aliphatic rings. The highest BCUT2D eigenvalue weighted by atomic mass is 79.9. The lowest BCUT2D eigenvalue weighted by Crippen LogP contribution is -2.11. The van der Waals surface area contributed by atoms with Crippen molar-refractivity contribution in [3.63, 3.8) is 0 Å². The van der Waals surface area contributed by atoms with E-state index in [4.69, 9.17) is 11.6 Å². The number of alkyl halides is 4. The van der Waals surface area contributed by atoms with Gasteiger partial charge in [-0.3, -0.25) is 0 Å². The Bertz CT molecular complexity index is 620. The first-order chi connectivity index (χ1) is 9.77. The number of hydrogen-bond acceptors (Lipinski definition) is 0. The summed E-state index contributed by atoms with van der Waals surface area (Å²) in [6, 6.07) is 11.7. The molecule has 0 heterocycles. The van der Waals surface area contributed by atoms with E-state index in [1.807, 2.05) is 31.2 Å². The number of rotatable bonds is 3. The van der Waals surface area contributed by atoms with Crippen LogP contribution in [0.5, 0.6) is 0 Å². The normalized spacial score (nSPS) is 13.2. The van der Waals surface area contributed by atoms with Gasteiger partial charge in [-0.05, 0) is 36.6 Å². The lowest BCUT2D eigenvalue weighted by Gasteiger charge is -2.17. The molecule has 0 saturated heterocycles. The third-order valence-electron chi connectivity index (χ3n) is 3.19. The average molecular weight is 378 g/mol. The molecule has 112 valence electrons. The highest BCUT2D eigenvalue weighted by molar-refractivity contribution is 9.10. The molecule has 0 saturated carbocycles. The minimum atomic E-state index is -4.42. The second kappa shape index (κ2) is 6.41. The summed E-state index contributed by atoms with van der Waals surface area (Å²) in [7, 11) is 0. The van der Waals surface area contributed by atoms with Gasteiger partial charge < -0.3 is 0 Å². The van der Waals surface area contributed by atoms with Gasteiger partial charge in [-0.1, -0.05) is 51.8 Å². The molecule has 0 radical (unpaired) electrons. The molecule has 21 heavy (non-hydrogen) atoms. The van der Waals surface area contributed by atoms with Crippen LogP contribution in [-0.2, 0) is 12.6 Å². The van der Waals surface area contributed by atoms with Crippen LogP contribution in [0.3, 0.4) is 0 Å². The molecule has 0 aliphatic carbocycles. The van der Waals surface area contributed by atoms with Crippen molar-refractivity contribution in [2.24, 2.45) is 0 Å². The minimum Gasteiger partial charge on any atom is -0.166 e. The maximum atomic E-state index is 13.1. The van der Waals surface area contributed by atoms with E-state index in [1.165, 1.54) is 6.07 Å². The van der Waals surface area contributed by atoms with Crippen LogP contribution >= 0.6 is 27.5 Å². The summed E-state index contributed by atoms with van der Waals surface area (Å²) >= 11 is 9.30. The molecule has 2 aromatic rings. The molecular formula is C16H13BrClF3. The zero-order valence-electron chi connectivity index (χ0n) is 11.2. The highest BCUT2D eigenvalue weighted by Crippen LogP contribution is 2.39. The van der Waals surface area contributed by atoms with Gasteiger partial charge in [-0.25, -0.2) is 0 Å². The molecule has 0 aliphatic heterocycles. The van der Waals surface area contributed by atoms with Crippen LogP contribution < -0.4 is 0 Å². The van der Waals surface area contributed by atoms with Crippen molar-refractivity contribution in [2.75, 3.05) is 0 Å². The van der Waals surface area contributed by atoms with Crippen molar-refractivity contribution in [1.82, 2.24) is 0 Å². The van der Waals surface area contributed by atoms with E-state index < -0.39 is 17.1 Å². The average Bonchev–Trinajstić information content (AvgIpc) is 2.40. The maximum absolute atomic E-state index is 13.1. The van der Waals surface area contributed by atoms with Crippen molar-refractivity contribution in [2.45, 2.75) is 24.9 Å². The minimum absolute atomic E-state index is 0.105. The Morgan fingerprint density at radius 2 is 1.71 bits per heavy atom. The van der Waals surface area contributed by atoms with Crippen LogP contribution in [0.2, 0.25) is 0 Å². The molecule has 0 nitrogen and oxygen atoms in total. The quantitative estimate of drug-likeness (QED) is 0.551. The summed E-state index contributed by atoms with van der Waals surface area (Å²) in [6.45, 7) is 1.96. The van der Waals surface area contributed by atoms with E-state index in [-0.39, 0.29) is 5.56 Å².